The van der Waals surface area contributed by atoms with E-state index < -0.39 is 0 Å². The van der Waals surface area contributed by atoms with Gasteiger partial charge >= 0.3 is 0 Å². The van der Waals surface area contributed by atoms with Crippen molar-refractivity contribution in [3.63, 3.8) is 0 Å². The van der Waals surface area contributed by atoms with Gasteiger partial charge in [0.1, 0.15) is 5.75 Å². The minimum atomic E-state index is -0.362. The van der Waals surface area contributed by atoms with Gasteiger partial charge in [0.25, 0.3) is 5.91 Å². The summed E-state index contributed by atoms with van der Waals surface area (Å²) in [5, 5.41) is 4.91. The summed E-state index contributed by atoms with van der Waals surface area (Å²) >= 11 is 13.4. The van der Waals surface area contributed by atoms with Gasteiger partial charge in [0.15, 0.2) is 6.61 Å². The first-order valence-corrected chi connectivity index (χ1v) is 8.01. The molecule has 0 aliphatic heterocycles. The van der Waals surface area contributed by atoms with E-state index in [2.05, 4.69) is 10.5 Å². The summed E-state index contributed by atoms with van der Waals surface area (Å²) in [4.78, 5) is 13.9. The SMILES string of the molecule is CC(=NNC(=O)COc1ccc(Cl)cc1Cl)c1ccc(C)s1. The minimum Gasteiger partial charge on any atom is -0.482 e. The maximum Gasteiger partial charge on any atom is 0.277 e. The largest absolute Gasteiger partial charge is 0.482 e. The first kappa shape index (κ1) is 16.8. The molecule has 1 amide bonds. The maximum absolute atomic E-state index is 11.7. The van der Waals surface area contributed by atoms with E-state index in [1.165, 1.54) is 4.88 Å². The fraction of sp³-hybridized carbons (Fsp3) is 0.200. The number of benzene rings is 1. The number of hydrogen-bond donors (Lipinski definition) is 1. The maximum atomic E-state index is 11.7. The highest BCUT2D eigenvalue weighted by molar-refractivity contribution is 7.14. The number of ether oxygens (including phenoxy) is 1. The number of carbonyl (C=O) groups excluding carboxylic acids is 1. The Morgan fingerprint density at radius 2 is 2.09 bits per heavy atom. The number of rotatable bonds is 5. The molecule has 22 heavy (non-hydrogen) atoms. The zero-order valence-corrected chi connectivity index (χ0v) is 14.4. The Kier molecular flexibility index (Phi) is 5.83. The molecule has 1 N–H and O–H groups in total. The van der Waals surface area contributed by atoms with Crippen LogP contribution in [0.15, 0.2) is 35.4 Å². The molecular weight excluding hydrogens is 343 g/mol. The average Bonchev–Trinajstić information content (AvgIpc) is 2.90. The molecule has 116 valence electrons. The number of hydrogen-bond acceptors (Lipinski definition) is 4. The number of nitrogens with zero attached hydrogens (tertiary/aromatic N) is 1. The van der Waals surface area contributed by atoms with Gasteiger partial charge in [-0.3, -0.25) is 4.79 Å². The third kappa shape index (κ3) is 4.73. The summed E-state index contributed by atoms with van der Waals surface area (Å²) < 4.78 is 5.33. The predicted molar refractivity (Wildman–Crippen MR) is 91.4 cm³/mol. The Bertz CT molecular complexity index is 713. The van der Waals surface area contributed by atoms with Gasteiger partial charge in [-0.1, -0.05) is 23.2 Å². The molecule has 1 heterocycles. The molecule has 2 aromatic rings. The van der Waals surface area contributed by atoms with E-state index in [0.29, 0.717) is 15.8 Å². The lowest BCUT2D eigenvalue weighted by Gasteiger charge is -2.07. The van der Waals surface area contributed by atoms with Crippen molar-refractivity contribution < 1.29 is 9.53 Å². The molecule has 0 aliphatic rings. The van der Waals surface area contributed by atoms with E-state index in [-0.39, 0.29) is 12.5 Å². The molecule has 0 radical (unpaired) electrons. The minimum absolute atomic E-state index is 0.179. The first-order chi connectivity index (χ1) is 10.5. The number of thiophene rings is 1. The molecule has 2 rings (SSSR count). The van der Waals surface area contributed by atoms with Crippen LogP contribution in [0.5, 0.6) is 5.75 Å². The van der Waals surface area contributed by atoms with E-state index in [9.17, 15) is 4.79 Å². The van der Waals surface area contributed by atoms with Crippen molar-refractivity contribution in [2.24, 2.45) is 5.10 Å². The highest BCUT2D eigenvalue weighted by Gasteiger charge is 2.07. The van der Waals surface area contributed by atoms with Gasteiger partial charge in [-0.2, -0.15) is 5.10 Å². The molecule has 0 saturated heterocycles. The van der Waals surface area contributed by atoms with Crippen molar-refractivity contribution in [2.75, 3.05) is 6.61 Å². The lowest BCUT2D eigenvalue weighted by molar-refractivity contribution is -0.123. The van der Waals surface area contributed by atoms with Crippen molar-refractivity contribution in [3.05, 3.63) is 50.1 Å². The highest BCUT2D eigenvalue weighted by Crippen LogP contribution is 2.27. The van der Waals surface area contributed by atoms with Gasteiger partial charge in [0, 0.05) is 9.90 Å². The molecule has 0 atom stereocenters. The van der Waals surface area contributed by atoms with Crippen LogP contribution in [-0.4, -0.2) is 18.2 Å². The van der Waals surface area contributed by atoms with Crippen LogP contribution in [0.1, 0.15) is 16.7 Å². The normalized spacial score (nSPS) is 11.4. The average molecular weight is 357 g/mol. The second-order valence-electron chi connectivity index (χ2n) is 4.51. The highest BCUT2D eigenvalue weighted by atomic mass is 35.5. The molecule has 0 spiro atoms. The van der Waals surface area contributed by atoms with E-state index in [4.69, 9.17) is 27.9 Å². The molecule has 0 fully saturated rings. The standard InChI is InChI=1S/C15H14Cl2N2O2S/c1-9-3-6-14(22-9)10(2)18-19-15(20)8-21-13-5-4-11(16)7-12(13)17/h3-7H,8H2,1-2H3,(H,19,20). The van der Waals surface area contributed by atoms with Crippen LogP contribution >= 0.6 is 34.5 Å². The second-order valence-corrected chi connectivity index (χ2v) is 6.64. The monoisotopic (exact) mass is 356 g/mol. The lowest BCUT2D eigenvalue weighted by atomic mass is 10.3. The Labute approximate surface area is 142 Å². The van der Waals surface area contributed by atoms with Gasteiger partial charge in [0.2, 0.25) is 0 Å². The van der Waals surface area contributed by atoms with E-state index in [0.717, 1.165) is 10.6 Å². The molecule has 0 aliphatic carbocycles. The molecule has 1 aromatic heterocycles. The fourth-order valence-electron chi connectivity index (χ4n) is 1.60. The topological polar surface area (TPSA) is 50.7 Å². The van der Waals surface area contributed by atoms with Crippen LogP contribution in [0.25, 0.3) is 0 Å². The number of carbonyl (C=O) groups is 1. The number of aryl methyl sites for hydroxylation is 1. The first-order valence-electron chi connectivity index (χ1n) is 6.43. The van der Waals surface area contributed by atoms with Gasteiger partial charge in [-0.25, -0.2) is 5.43 Å². The van der Waals surface area contributed by atoms with Crippen LogP contribution in [0.4, 0.5) is 0 Å². The number of amides is 1. The Morgan fingerprint density at radius 3 is 2.73 bits per heavy atom. The van der Waals surface area contributed by atoms with Crippen molar-refractivity contribution in [1.82, 2.24) is 5.43 Å². The van der Waals surface area contributed by atoms with Crippen molar-refractivity contribution >= 4 is 46.2 Å². The Morgan fingerprint density at radius 1 is 1.32 bits per heavy atom. The zero-order valence-electron chi connectivity index (χ0n) is 12.0. The number of nitrogens with one attached hydrogen (secondary N) is 1. The Hall–Kier alpha value is -1.56. The van der Waals surface area contributed by atoms with Crippen molar-refractivity contribution in [2.45, 2.75) is 13.8 Å². The summed E-state index contributed by atoms with van der Waals surface area (Å²) in [6, 6.07) is 8.78. The molecule has 4 nitrogen and oxygen atoms in total. The quantitative estimate of drug-likeness (QED) is 0.641. The second kappa shape index (κ2) is 7.63. The molecule has 1 aromatic carbocycles. The van der Waals surface area contributed by atoms with Crippen LogP contribution in [0, 0.1) is 6.92 Å². The summed E-state index contributed by atoms with van der Waals surface area (Å²) in [6.45, 7) is 3.67. The zero-order chi connectivity index (χ0) is 16.1. The predicted octanol–water partition coefficient (Wildman–Crippen LogP) is 4.28. The number of halogens is 2. The lowest BCUT2D eigenvalue weighted by Crippen LogP contribution is -2.25. The van der Waals surface area contributed by atoms with Crippen LogP contribution < -0.4 is 10.2 Å². The molecule has 0 bridgehead atoms. The third-order valence-electron chi connectivity index (χ3n) is 2.70. The number of hydrazone groups is 1. The third-order valence-corrected chi connectivity index (χ3v) is 4.34. The van der Waals surface area contributed by atoms with Gasteiger partial charge < -0.3 is 4.74 Å². The molecule has 0 unspecified atom stereocenters. The van der Waals surface area contributed by atoms with E-state index in [1.807, 2.05) is 26.0 Å². The summed E-state index contributed by atoms with van der Waals surface area (Å²) in [6.07, 6.45) is 0. The summed E-state index contributed by atoms with van der Waals surface area (Å²) in [5.41, 5.74) is 3.20. The summed E-state index contributed by atoms with van der Waals surface area (Å²) in [7, 11) is 0. The molecular formula is C15H14Cl2N2O2S. The van der Waals surface area contributed by atoms with Crippen molar-refractivity contribution in [1.29, 1.82) is 0 Å². The van der Waals surface area contributed by atoms with E-state index >= 15 is 0 Å². The summed E-state index contributed by atoms with van der Waals surface area (Å²) in [5.74, 6) is 0.0365. The van der Waals surface area contributed by atoms with Crippen LogP contribution in [0.2, 0.25) is 10.0 Å². The fourth-order valence-corrected chi connectivity index (χ4v) is 2.87. The smallest absolute Gasteiger partial charge is 0.277 e. The Balaban J connectivity index is 1.88. The molecule has 0 saturated carbocycles. The van der Waals surface area contributed by atoms with E-state index in [1.54, 1.807) is 29.5 Å². The van der Waals surface area contributed by atoms with Crippen LogP contribution in [-0.2, 0) is 4.79 Å². The van der Waals surface area contributed by atoms with Crippen LogP contribution in [0.3, 0.4) is 0 Å². The molecule has 7 heteroatoms. The van der Waals surface area contributed by atoms with Gasteiger partial charge in [-0.15, -0.1) is 11.3 Å². The van der Waals surface area contributed by atoms with Gasteiger partial charge in [-0.05, 0) is 44.2 Å². The van der Waals surface area contributed by atoms with Gasteiger partial charge in [0.05, 0.1) is 15.6 Å². The van der Waals surface area contributed by atoms with Crippen molar-refractivity contribution in [3.8, 4) is 5.75 Å².